The van der Waals surface area contributed by atoms with Gasteiger partial charge in [0.05, 0.1) is 18.8 Å². The first-order chi connectivity index (χ1) is 11.6. The normalized spacial score (nSPS) is 21.5. The number of carbonyl (C=O) groups excluding carboxylic acids is 1. The number of hydrogen-bond acceptors (Lipinski definition) is 3. The van der Waals surface area contributed by atoms with Crippen molar-refractivity contribution in [1.82, 2.24) is 14.9 Å². The van der Waals surface area contributed by atoms with Crippen LogP contribution in [0.3, 0.4) is 0 Å². The van der Waals surface area contributed by atoms with Crippen LogP contribution in [-0.4, -0.2) is 21.4 Å². The van der Waals surface area contributed by atoms with Crippen molar-refractivity contribution in [2.24, 2.45) is 0 Å². The lowest BCUT2D eigenvalue weighted by molar-refractivity contribution is 0.1000. The summed E-state index contributed by atoms with van der Waals surface area (Å²) in [6, 6.07) is 8.91. The second kappa shape index (κ2) is 7.49. The van der Waals surface area contributed by atoms with Crippen LogP contribution >= 0.6 is 11.6 Å². The van der Waals surface area contributed by atoms with Crippen molar-refractivity contribution in [2.75, 3.05) is 0 Å². The molecule has 2 heterocycles. The Morgan fingerprint density at radius 1 is 1.38 bits per heavy atom. The summed E-state index contributed by atoms with van der Waals surface area (Å²) in [6.07, 6.45) is 6.37. The van der Waals surface area contributed by atoms with Gasteiger partial charge in [-0.3, -0.25) is 4.79 Å². The molecule has 5 heteroatoms. The Balaban J connectivity index is 0.000000162. The van der Waals surface area contributed by atoms with Crippen LogP contribution in [0.5, 0.6) is 0 Å². The molecule has 128 valence electrons. The number of imidazole rings is 1. The van der Waals surface area contributed by atoms with Crippen molar-refractivity contribution in [3.8, 4) is 0 Å². The Bertz CT molecular complexity index is 725. The number of Topliss-reactive ketones (excluding diaryl/α,β-unsaturated/α-hetero) is 1. The van der Waals surface area contributed by atoms with E-state index in [1.807, 2.05) is 24.3 Å². The smallest absolute Gasteiger partial charge is 0.177 e. The SMILES string of the molecule is CC(=O)c1cnc2n1[C@@H]1CCC[C@@H]1NC2.CCc1ccccc1Cl. The first-order valence-electron chi connectivity index (χ1n) is 8.65. The van der Waals surface area contributed by atoms with Gasteiger partial charge in [-0.25, -0.2) is 4.98 Å². The number of benzene rings is 1. The molecule has 1 aromatic heterocycles. The van der Waals surface area contributed by atoms with Gasteiger partial charge in [0.1, 0.15) is 11.5 Å². The molecule has 1 N–H and O–H groups in total. The second-order valence-electron chi connectivity index (χ2n) is 6.42. The molecule has 4 rings (SSSR count). The molecule has 24 heavy (non-hydrogen) atoms. The highest BCUT2D eigenvalue weighted by Gasteiger charge is 2.35. The number of halogens is 1. The van der Waals surface area contributed by atoms with Gasteiger partial charge in [0.15, 0.2) is 5.78 Å². The minimum Gasteiger partial charge on any atom is -0.320 e. The zero-order valence-corrected chi connectivity index (χ0v) is 15.0. The van der Waals surface area contributed by atoms with E-state index >= 15 is 0 Å². The lowest BCUT2D eigenvalue weighted by Gasteiger charge is -2.30. The van der Waals surface area contributed by atoms with Crippen LogP contribution in [0.25, 0.3) is 0 Å². The van der Waals surface area contributed by atoms with Crippen LogP contribution in [0.4, 0.5) is 0 Å². The predicted octanol–water partition coefficient (Wildman–Crippen LogP) is 4.18. The standard InChI is InChI=1S/C11H15N3O.C8H9Cl/c1-7(15)10-5-13-11-6-12-8-3-2-4-9(8)14(10)11;1-2-7-5-3-4-6-8(7)9/h5,8-9,12H,2-4,6H2,1H3;3-6H,2H2,1H3/t8-,9+;/m0./s1. The highest BCUT2D eigenvalue weighted by Crippen LogP contribution is 2.35. The van der Waals surface area contributed by atoms with E-state index in [4.69, 9.17) is 11.6 Å². The summed E-state index contributed by atoms with van der Waals surface area (Å²) >= 11 is 5.82. The summed E-state index contributed by atoms with van der Waals surface area (Å²) in [5.41, 5.74) is 2.00. The van der Waals surface area contributed by atoms with Crippen molar-refractivity contribution >= 4 is 17.4 Å². The Kier molecular flexibility index (Phi) is 5.36. The van der Waals surface area contributed by atoms with Gasteiger partial charge in [-0.2, -0.15) is 0 Å². The molecule has 1 aliphatic heterocycles. The molecule has 2 aromatic rings. The van der Waals surface area contributed by atoms with Gasteiger partial charge in [-0.05, 0) is 37.3 Å². The molecule has 1 saturated carbocycles. The van der Waals surface area contributed by atoms with Crippen LogP contribution in [0.2, 0.25) is 5.02 Å². The molecule has 0 saturated heterocycles. The summed E-state index contributed by atoms with van der Waals surface area (Å²) in [5.74, 6) is 1.14. The minimum atomic E-state index is 0.126. The third-order valence-corrected chi connectivity index (χ3v) is 5.28. The second-order valence-corrected chi connectivity index (χ2v) is 6.82. The van der Waals surface area contributed by atoms with Gasteiger partial charge in [0.2, 0.25) is 0 Å². The third kappa shape index (κ3) is 3.40. The molecule has 1 aromatic carbocycles. The van der Waals surface area contributed by atoms with Gasteiger partial charge in [-0.1, -0.05) is 36.7 Å². The van der Waals surface area contributed by atoms with Gasteiger partial charge < -0.3 is 9.88 Å². The molecule has 2 atom stereocenters. The summed E-state index contributed by atoms with van der Waals surface area (Å²) in [7, 11) is 0. The first kappa shape index (κ1) is 17.2. The molecule has 0 bridgehead atoms. The number of nitrogens with zero attached hydrogens (tertiary/aromatic N) is 2. The fourth-order valence-electron chi connectivity index (χ4n) is 3.66. The van der Waals surface area contributed by atoms with E-state index in [1.165, 1.54) is 24.8 Å². The van der Waals surface area contributed by atoms with Gasteiger partial charge in [0, 0.05) is 18.0 Å². The molecule has 0 spiro atoms. The van der Waals surface area contributed by atoms with Crippen molar-refractivity contribution in [3.63, 3.8) is 0 Å². The Morgan fingerprint density at radius 2 is 2.17 bits per heavy atom. The molecule has 1 fully saturated rings. The zero-order valence-electron chi connectivity index (χ0n) is 14.3. The number of aryl methyl sites for hydroxylation is 1. The summed E-state index contributed by atoms with van der Waals surface area (Å²) in [5, 5.41) is 4.37. The van der Waals surface area contributed by atoms with Crippen LogP contribution in [0.1, 0.15) is 61.0 Å². The van der Waals surface area contributed by atoms with E-state index in [9.17, 15) is 4.79 Å². The minimum absolute atomic E-state index is 0.126. The fourth-order valence-corrected chi connectivity index (χ4v) is 3.92. The number of aromatic nitrogens is 2. The number of ketones is 1. The zero-order chi connectivity index (χ0) is 17.1. The van der Waals surface area contributed by atoms with E-state index in [0.29, 0.717) is 12.1 Å². The number of rotatable bonds is 2. The molecular formula is C19H24ClN3O. The number of nitrogens with one attached hydrogen (secondary N) is 1. The highest BCUT2D eigenvalue weighted by atomic mass is 35.5. The number of fused-ring (bicyclic) bond motifs is 3. The van der Waals surface area contributed by atoms with Crippen molar-refractivity contribution in [2.45, 2.75) is 58.2 Å². The highest BCUT2D eigenvalue weighted by molar-refractivity contribution is 6.31. The van der Waals surface area contributed by atoms with Crippen molar-refractivity contribution in [1.29, 1.82) is 0 Å². The Hall–Kier alpha value is -1.65. The maximum atomic E-state index is 11.5. The lowest BCUT2D eigenvalue weighted by Crippen LogP contribution is -2.40. The predicted molar refractivity (Wildman–Crippen MR) is 96.6 cm³/mol. The fraction of sp³-hybridized carbons (Fsp3) is 0.474. The van der Waals surface area contributed by atoms with Crippen LogP contribution < -0.4 is 5.32 Å². The Morgan fingerprint density at radius 3 is 2.83 bits per heavy atom. The molecule has 0 amide bonds. The van der Waals surface area contributed by atoms with Crippen LogP contribution in [-0.2, 0) is 13.0 Å². The maximum Gasteiger partial charge on any atom is 0.177 e. The summed E-state index contributed by atoms with van der Waals surface area (Å²) < 4.78 is 2.16. The average molecular weight is 346 g/mol. The van der Waals surface area contributed by atoms with Crippen molar-refractivity contribution in [3.05, 3.63) is 52.6 Å². The van der Waals surface area contributed by atoms with E-state index < -0.39 is 0 Å². The molecule has 0 radical (unpaired) electrons. The molecule has 2 aliphatic rings. The summed E-state index contributed by atoms with van der Waals surface area (Å²) in [6.45, 7) is 4.52. The van der Waals surface area contributed by atoms with Gasteiger partial charge in [-0.15, -0.1) is 0 Å². The quantitative estimate of drug-likeness (QED) is 0.830. The Labute approximate surface area is 148 Å². The number of carbonyl (C=O) groups is 1. The number of hydrogen-bond donors (Lipinski definition) is 1. The average Bonchev–Trinajstić information content (AvgIpc) is 3.21. The third-order valence-electron chi connectivity index (χ3n) is 4.91. The van der Waals surface area contributed by atoms with Crippen molar-refractivity contribution < 1.29 is 4.79 Å². The van der Waals surface area contributed by atoms with E-state index in [2.05, 4.69) is 21.8 Å². The van der Waals surface area contributed by atoms with E-state index in [0.717, 1.165) is 29.5 Å². The summed E-state index contributed by atoms with van der Waals surface area (Å²) in [4.78, 5) is 15.8. The monoisotopic (exact) mass is 345 g/mol. The van der Waals surface area contributed by atoms with E-state index in [1.54, 1.807) is 13.1 Å². The van der Waals surface area contributed by atoms with Crippen LogP contribution in [0.15, 0.2) is 30.5 Å². The van der Waals surface area contributed by atoms with E-state index in [-0.39, 0.29) is 5.78 Å². The lowest BCUT2D eigenvalue weighted by atomic mass is 10.1. The molecular weight excluding hydrogens is 322 g/mol. The molecule has 1 aliphatic carbocycles. The molecule has 4 nitrogen and oxygen atoms in total. The largest absolute Gasteiger partial charge is 0.320 e. The first-order valence-corrected chi connectivity index (χ1v) is 9.03. The maximum absolute atomic E-state index is 11.5. The van der Waals surface area contributed by atoms with Gasteiger partial charge in [0.25, 0.3) is 0 Å². The molecule has 0 unspecified atom stereocenters. The topological polar surface area (TPSA) is 46.9 Å². The van der Waals surface area contributed by atoms with Crippen LogP contribution in [0, 0.1) is 0 Å². The van der Waals surface area contributed by atoms with Gasteiger partial charge >= 0.3 is 0 Å².